The first-order valence-electron chi connectivity index (χ1n) is 10.3. The molecule has 176 valence electrons. The predicted octanol–water partition coefficient (Wildman–Crippen LogP) is 4.65. The topological polar surface area (TPSA) is 89.8 Å². The van der Waals surface area contributed by atoms with Gasteiger partial charge in [-0.3, -0.25) is 0 Å². The van der Waals surface area contributed by atoms with Crippen LogP contribution < -0.4 is 23.7 Å². The second-order valence-electron chi connectivity index (χ2n) is 7.28. The van der Waals surface area contributed by atoms with Crippen LogP contribution in [0.5, 0.6) is 28.7 Å². The molecule has 0 fully saturated rings. The number of nitrogens with zero attached hydrogens (tertiary/aromatic N) is 4. The Morgan fingerprint density at radius 1 is 0.971 bits per heavy atom. The minimum absolute atomic E-state index is 0.258. The molecule has 5 rings (SSSR count). The molecule has 0 saturated carbocycles. The number of aromatic nitrogens is 4. The minimum Gasteiger partial charge on any atom is -0.493 e. The number of rotatable bonds is 8. The van der Waals surface area contributed by atoms with E-state index >= 15 is 0 Å². The molecule has 1 aliphatic rings. The van der Waals surface area contributed by atoms with Crippen molar-refractivity contribution in [3.8, 4) is 50.7 Å². The molecule has 0 bridgehead atoms. The quantitative estimate of drug-likeness (QED) is 0.322. The van der Waals surface area contributed by atoms with Gasteiger partial charge in [-0.15, -0.1) is 21.5 Å². The van der Waals surface area contributed by atoms with E-state index in [-0.39, 0.29) is 6.79 Å². The highest BCUT2D eigenvalue weighted by molar-refractivity contribution is 7.98. The Hall–Kier alpha value is -3.44. The van der Waals surface area contributed by atoms with Crippen molar-refractivity contribution in [2.75, 3.05) is 28.1 Å². The highest BCUT2D eigenvalue weighted by Crippen LogP contribution is 2.41. The first-order chi connectivity index (χ1) is 16.6. The van der Waals surface area contributed by atoms with E-state index in [4.69, 9.17) is 28.7 Å². The van der Waals surface area contributed by atoms with Crippen LogP contribution in [0.1, 0.15) is 5.69 Å². The van der Waals surface area contributed by atoms with Crippen molar-refractivity contribution in [2.45, 2.75) is 10.9 Å². The number of hydrogen-bond acceptors (Lipinski definition) is 10. The summed E-state index contributed by atoms with van der Waals surface area (Å²) in [7, 11) is 6.68. The smallest absolute Gasteiger partial charge is 0.231 e. The summed E-state index contributed by atoms with van der Waals surface area (Å²) < 4.78 is 29.1. The Morgan fingerprint density at radius 2 is 1.74 bits per heavy atom. The van der Waals surface area contributed by atoms with Gasteiger partial charge in [0.05, 0.1) is 27.0 Å². The Labute approximate surface area is 204 Å². The van der Waals surface area contributed by atoms with E-state index in [1.807, 2.05) is 41.9 Å². The van der Waals surface area contributed by atoms with Crippen molar-refractivity contribution in [1.29, 1.82) is 0 Å². The van der Waals surface area contributed by atoms with Gasteiger partial charge in [0.25, 0.3) is 0 Å². The van der Waals surface area contributed by atoms with E-state index in [1.54, 1.807) is 44.4 Å². The molecule has 4 aromatic rings. The van der Waals surface area contributed by atoms with Gasteiger partial charge in [0.15, 0.2) is 34.0 Å². The Morgan fingerprint density at radius 3 is 2.47 bits per heavy atom. The van der Waals surface area contributed by atoms with E-state index < -0.39 is 0 Å². The van der Waals surface area contributed by atoms with Crippen LogP contribution in [0, 0.1) is 0 Å². The van der Waals surface area contributed by atoms with Gasteiger partial charge in [0.2, 0.25) is 12.5 Å². The first-order valence-corrected chi connectivity index (χ1v) is 12.1. The zero-order chi connectivity index (χ0) is 23.7. The van der Waals surface area contributed by atoms with Gasteiger partial charge in [-0.2, -0.15) is 0 Å². The number of thioether (sulfide) groups is 1. The van der Waals surface area contributed by atoms with Gasteiger partial charge < -0.3 is 28.3 Å². The molecule has 0 unspecified atom stereocenters. The lowest BCUT2D eigenvalue weighted by molar-refractivity contribution is 0.174. The van der Waals surface area contributed by atoms with E-state index in [9.17, 15) is 0 Å². The van der Waals surface area contributed by atoms with Crippen LogP contribution in [-0.2, 0) is 12.8 Å². The maximum absolute atomic E-state index is 5.48. The summed E-state index contributed by atoms with van der Waals surface area (Å²) in [5, 5.41) is 12.5. The molecule has 0 amide bonds. The second-order valence-corrected chi connectivity index (χ2v) is 9.08. The van der Waals surface area contributed by atoms with Gasteiger partial charge in [-0.05, 0) is 30.3 Å². The number of fused-ring (bicyclic) bond motifs is 1. The monoisotopic (exact) mass is 498 g/mol. The summed E-state index contributed by atoms with van der Waals surface area (Å²) in [5.41, 5.74) is 2.80. The predicted molar refractivity (Wildman–Crippen MR) is 129 cm³/mol. The third-order valence-corrected chi connectivity index (χ3v) is 7.27. The highest BCUT2D eigenvalue weighted by atomic mass is 32.2. The van der Waals surface area contributed by atoms with E-state index in [1.165, 1.54) is 0 Å². The average Bonchev–Trinajstić information content (AvgIpc) is 3.61. The lowest BCUT2D eigenvalue weighted by atomic mass is 10.1. The van der Waals surface area contributed by atoms with Gasteiger partial charge >= 0.3 is 0 Å². The van der Waals surface area contributed by atoms with Crippen LogP contribution in [0.4, 0.5) is 0 Å². The number of benzene rings is 2. The zero-order valence-corrected chi connectivity index (χ0v) is 20.7. The van der Waals surface area contributed by atoms with Crippen molar-refractivity contribution in [1.82, 2.24) is 19.7 Å². The lowest BCUT2D eigenvalue weighted by Gasteiger charge is -2.13. The molecule has 0 spiro atoms. The molecule has 11 heteroatoms. The summed E-state index contributed by atoms with van der Waals surface area (Å²) in [6, 6.07) is 9.59. The maximum Gasteiger partial charge on any atom is 0.231 e. The fourth-order valence-electron chi connectivity index (χ4n) is 3.58. The first kappa shape index (κ1) is 22.4. The van der Waals surface area contributed by atoms with E-state index in [0.717, 1.165) is 38.5 Å². The molecule has 3 heterocycles. The SMILES string of the molecule is COc1cc(-c2nnc(SCc3csc(-c4ccc5c(c4)OCO5)n3)n2C)cc(OC)c1OC. The lowest BCUT2D eigenvalue weighted by Crippen LogP contribution is -1.99. The van der Waals surface area contributed by atoms with Gasteiger partial charge in [0, 0.05) is 29.3 Å². The molecular weight excluding hydrogens is 476 g/mol. The minimum atomic E-state index is 0.258. The molecule has 1 aliphatic heterocycles. The molecule has 0 radical (unpaired) electrons. The number of thiazole rings is 1. The second kappa shape index (κ2) is 9.43. The third kappa shape index (κ3) is 4.12. The van der Waals surface area contributed by atoms with Crippen molar-refractivity contribution in [3.05, 3.63) is 41.4 Å². The van der Waals surface area contributed by atoms with Crippen molar-refractivity contribution < 1.29 is 23.7 Å². The molecule has 0 saturated heterocycles. The number of hydrogen-bond donors (Lipinski definition) is 0. The molecular formula is C23H22N4O5S2. The summed E-state index contributed by atoms with van der Waals surface area (Å²) in [4.78, 5) is 4.78. The summed E-state index contributed by atoms with van der Waals surface area (Å²) in [5.74, 6) is 4.54. The summed E-state index contributed by atoms with van der Waals surface area (Å²) in [6.07, 6.45) is 0. The van der Waals surface area contributed by atoms with Gasteiger partial charge in [-0.25, -0.2) is 4.98 Å². The molecule has 34 heavy (non-hydrogen) atoms. The maximum atomic E-state index is 5.48. The van der Waals surface area contributed by atoms with E-state index in [2.05, 4.69) is 15.6 Å². The standard InChI is InChI=1S/C23H22N4O5S2/c1-27-21(14-8-18(28-2)20(30-4)19(9-14)29-3)25-26-23(27)34-11-15-10-33-22(24-15)13-5-6-16-17(7-13)32-12-31-16/h5-10H,11-12H2,1-4H3. The molecule has 0 N–H and O–H groups in total. The fourth-order valence-corrected chi connectivity index (χ4v) is 5.30. The van der Waals surface area contributed by atoms with Crippen molar-refractivity contribution in [2.24, 2.45) is 7.05 Å². The molecule has 9 nitrogen and oxygen atoms in total. The van der Waals surface area contributed by atoms with Crippen LogP contribution in [0.3, 0.4) is 0 Å². The summed E-state index contributed by atoms with van der Waals surface area (Å²) in [6.45, 7) is 0.258. The van der Waals surface area contributed by atoms with Crippen LogP contribution in [0.25, 0.3) is 22.0 Å². The Balaban J connectivity index is 1.33. The molecule has 2 aromatic carbocycles. The molecule has 0 aliphatic carbocycles. The van der Waals surface area contributed by atoms with Crippen LogP contribution in [-0.4, -0.2) is 47.9 Å². The van der Waals surface area contributed by atoms with Crippen LogP contribution >= 0.6 is 23.1 Å². The van der Waals surface area contributed by atoms with Crippen LogP contribution in [0.15, 0.2) is 40.9 Å². The van der Waals surface area contributed by atoms with Gasteiger partial charge in [0.1, 0.15) is 5.01 Å². The van der Waals surface area contributed by atoms with Crippen molar-refractivity contribution in [3.63, 3.8) is 0 Å². The molecule has 0 atom stereocenters. The van der Waals surface area contributed by atoms with Crippen LogP contribution in [0.2, 0.25) is 0 Å². The summed E-state index contributed by atoms with van der Waals surface area (Å²) >= 11 is 3.17. The normalized spacial score (nSPS) is 12.1. The zero-order valence-electron chi connectivity index (χ0n) is 19.0. The molecule has 2 aromatic heterocycles. The highest BCUT2D eigenvalue weighted by Gasteiger charge is 2.19. The Bertz CT molecular complexity index is 1310. The third-order valence-electron chi connectivity index (χ3n) is 5.28. The largest absolute Gasteiger partial charge is 0.493 e. The average molecular weight is 499 g/mol. The number of ether oxygens (including phenoxy) is 5. The number of methoxy groups -OCH3 is 3. The van der Waals surface area contributed by atoms with Crippen molar-refractivity contribution >= 4 is 23.1 Å². The van der Waals surface area contributed by atoms with Gasteiger partial charge in [-0.1, -0.05) is 11.8 Å². The van der Waals surface area contributed by atoms with E-state index in [0.29, 0.717) is 28.8 Å². The Kier molecular flexibility index (Phi) is 6.20. The fraction of sp³-hybridized carbons (Fsp3) is 0.261.